The van der Waals surface area contributed by atoms with Gasteiger partial charge in [0.15, 0.2) is 0 Å². The van der Waals surface area contributed by atoms with Crippen LogP contribution in [0, 0.1) is 5.92 Å². The Morgan fingerprint density at radius 1 is 1.53 bits per heavy atom. The SMILES string of the molecule is CCC(C)CN(CC)C(=O)c1cnccc1Cl. The molecule has 0 aromatic carbocycles. The maximum Gasteiger partial charge on any atom is 0.256 e. The third-order valence-corrected chi connectivity index (χ3v) is 3.23. The number of carbonyl (C=O) groups is 1. The summed E-state index contributed by atoms with van der Waals surface area (Å²) in [5, 5.41) is 0.465. The summed E-state index contributed by atoms with van der Waals surface area (Å²) in [4.78, 5) is 18.0. The highest BCUT2D eigenvalue weighted by Crippen LogP contribution is 2.17. The second kappa shape index (κ2) is 6.60. The Kier molecular flexibility index (Phi) is 5.42. The molecule has 0 aliphatic heterocycles. The van der Waals surface area contributed by atoms with Crippen molar-refractivity contribution in [1.29, 1.82) is 0 Å². The molecule has 94 valence electrons. The van der Waals surface area contributed by atoms with Crippen LogP contribution in [0.5, 0.6) is 0 Å². The smallest absolute Gasteiger partial charge is 0.256 e. The first kappa shape index (κ1) is 14.0. The third-order valence-electron chi connectivity index (χ3n) is 2.90. The minimum absolute atomic E-state index is 0.0362. The lowest BCUT2D eigenvalue weighted by Gasteiger charge is -2.24. The molecule has 0 fully saturated rings. The number of aromatic nitrogens is 1. The molecule has 17 heavy (non-hydrogen) atoms. The topological polar surface area (TPSA) is 33.2 Å². The van der Waals surface area contributed by atoms with E-state index in [4.69, 9.17) is 11.6 Å². The molecule has 1 atom stereocenters. The predicted molar refractivity (Wildman–Crippen MR) is 70.3 cm³/mol. The lowest BCUT2D eigenvalue weighted by Crippen LogP contribution is -2.34. The van der Waals surface area contributed by atoms with E-state index in [1.807, 2.05) is 11.8 Å². The van der Waals surface area contributed by atoms with E-state index < -0.39 is 0 Å². The Morgan fingerprint density at radius 3 is 2.76 bits per heavy atom. The van der Waals surface area contributed by atoms with Crippen LogP contribution >= 0.6 is 11.6 Å². The van der Waals surface area contributed by atoms with Gasteiger partial charge >= 0.3 is 0 Å². The summed E-state index contributed by atoms with van der Waals surface area (Å²) in [6.07, 6.45) is 4.18. The maximum absolute atomic E-state index is 12.2. The van der Waals surface area contributed by atoms with Crippen molar-refractivity contribution in [3.8, 4) is 0 Å². The van der Waals surface area contributed by atoms with Gasteiger partial charge in [-0.05, 0) is 18.9 Å². The zero-order chi connectivity index (χ0) is 12.8. The molecule has 0 saturated carbocycles. The number of amides is 1. The van der Waals surface area contributed by atoms with E-state index in [0.717, 1.165) is 13.0 Å². The number of hydrogen-bond acceptors (Lipinski definition) is 2. The zero-order valence-electron chi connectivity index (χ0n) is 10.6. The first-order valence-corrected chi connectivity index (χ1v) is 6.36. The molecule has 1 amide bonds. The van der Waals surface area contributed by atoms with Crippen molar-refractivity contribution in [3.05, 3.63) is 29.0 Å². The Bertz CT molecular complexity index is 381. The normalized spacial score (nSPS) is 12.2. The van der Waals surface area contributed by atoms with Crippen LogP contribution in [0.3, 0.4) is 0 Å². The van der Waals surface area contributed by atoms with E-state index in [9.17, 15) is 4.79 Å². The third kappa shape index (κ3) is 3.70. The van der Waals surface area contributed by atoms with Gasteiger partial charge in [0.1, 0.15) is 0 Å². The quantitative estimate of drug-likeness (QED) is 0.808. The molecule has 0 bridgehead atoms. The van der Waals surface area contributed by atoms with Crippen LogP contribution in [0.4, 0.5) is 0 Å². The van der Waals surface area contributed by atoms with Crippen molar-refractivity contribution < 1.29 is 4.79 Å². The Balaban J connectivity index is 2.83. The molecule has 1 heterocycles. The Hall–Kier alpha value is -1.09. The molecular formula is C13H19ClN2O. The van der Waals surface area contributed by atoms with Crippen LogP contribution in [0.25, 0.3) is 0 Å². The lowest BCUT2D eigenvalue weighted by atomic mass is 10.1. The van der Waals surface area contributed by atoms with Gasteiger partial charge in [0, 0.05) is 25.5 Å². The van der Waals surface area contributed by atoms with Crippen LogP contribution in [0.2, 0.25) is 5.02 Å². The van der Waals surface area contributed by atoms with E-state index in [2.05, 4.69) is 18.8 Å². The molecule has 1 aromatic rings. The van der Waals surface area contributed by atoms with E-state index in [0.29, 0.717) is 23.0 Å². The van der Waals surface area contributed by atoms with Gasteiger partial charge in [-0.25, -0.2) is 0 Å². The number of hydrogen-bond donors (Lipinski definition) is 0. The highest BCUT2D eigenvalue weighted by molar-refractivity contribution is 6.33. The monoisotopic (exact) mass is 254 g/mol. The van der Waals surface area contributed by atoms with Gasteiger partial charge in [0.25, 0.3) is 5.91 Å². The average Bonchev–Trinajstić information content (AvgIpc) is 2.35. The summed E-state index contributed by atoms with van der Waals surface area (Å²) < 4.78 is 0. The van der Waals surface area contributed by atoms with Gasteiger partial charge in [-0.3, -0.25) is 9.78 Å². The van der Waals surface area contributed by atoms with Gasteiger partial charge in [0.05, 0.1) is 10.6 Å². The lowest BCUT2D eigenvalue weighted by molar-refractivity contribution is 0.0740. The number of halogens is 1. The number of nitrogens with zero attached hydrogens (tertiary/aromatic N) is 2. The zero-order valence-corrected chi connectivity index (χ0v) is 11.4. The molecule has 1 unspecified atom stereocenters. The first-order valence-electron chi connectivity index (χ1n) is 5.98. The van der Waals surface area contributed by atoms with E-state index in [1.54, 1.807) is 12.3 Å². The van der Waals surface area contributed by atoms with Gasteiger partial charge in [0.2, 0.25) is 0 Å². The summed E-state index contributed by atoms with van der Waals surface area (Å²) in [5.41, 5.74) is 0.485. The minimum Gasteiger partial charge on any atom is -0.339 e. The number of carbonyl (C=O) groups excluding carboxylic acids is 1. The summed E-state index contributed by atoms with van der Waals surface area (Å²) in [6.45, 7) is 7.69. The summed E-state index contributed by atoms with van der Waals surface area (Å²) in [7, 11) is 0. The van der Waals surface area contributed by atoms with Gasteiger partial charge in [-0.1, -0.05) is 31.9 Å². The highest BCUT2D eigenvalue weighted by atomic mass is 35.5. The fourth-order valence-electron chi connectivity index (χ4n) is 1.57. The minimum atomic E-state index is -0.0362. The summed E-state index contributed by atoms with van der Waals surface area (Å²) in [6, 6.07) is 1.64. The van der Waals surface area contributed by atoms with E-state index in [-0.39, 0.29) is 5.91 Å². The van der Waals surface area contributed by atoms with Crippen LogP contribution in [-0.4, -0.2) is 28.9 Å². The van der Waals surface area contributed by atoms with Crippen LogP contribution in [0.1, 0.15) is 37.6 Å². The van der Waals surface area contributed by atoms with Crippen molar-refractivity contribution in [2.24, 2.45) is 5.92 Å². The highest BCUT2D eigenvalue weighted by Gasteiger charge is 2.18. The second-order valence-corrected chi connectivity index (χ2v) is 4.62. The van der Waals surface area contributed by atoms with Crippen molar-refractivity contribution in [2.45, 2.75) is 27.2 Å². The van der Waals surface area contributed by atoms with Gasteiger partial charge < -0.3 is 4.90 Å². The average molecular weight is 255 g/mol. The molecule has 0 radical (unpaired) electrons. The fraction of sp³-hybridized carbons (Fsp3) is 0.538. The molecule has 1 rings (SSSR count). The maximum atomic E-state index is 12.2. The molecular weight excluding hydrogens is 236 g/mol. The molecule has 0 aliphatic carbocycles. The molecule has 0 aliphatic rings. The Labute approximate surface area is 108 Å². The van der Waals surface area contributed by atoms with Crippen molar-refractivity contribution >= 4 is 17.5 Å². The van der Waals surface area contributed by atoms with Crippen LogP contribution in [-0.2, 0) is 0 Å². The molecule has 0 N–H and O–H groups in total. The number of pyridine rings is 1. The molecule has 0 saturated heterocycles. The molecule has 3 nitrogen and oxygen atoms in total. The standard InChI is InChI=1S/C13H19ClN2O/c1-4-10(3)9-16(5-2)13(17)11-8-15-7-6-12(11)14/h6-8,10H,4-5,9H2,1-3H3. The van der Waals surface area contributed by atoms with Crippen molar-refractivity contribution in [3.63, 3.8) is 0 Å². The van der Waals surface area contributed by atoms with Gasteiger partial charge in [-0.15, -0.1) is 0 Å². The largest absolute Gasteiger partial charge is 0.339 e. The van der Waals surface area contributed by atoms with E-state index >= 15 is 0 Å². The summed E-state index contributed by atoms with van der Waals surface area (Å²) in [5.74, 6) is 0.459. The van der Waals surface area contributed by atoms with Crippen molar-refractivity contribution in [1.82, 2.24) is 9.88 Å². The van der Waals surface area contributed by atoms with Crippen LogP contribution < -0.4 is 0 Å². The molecule has 0 spiro atoms. The van der Waals surface area contributed by atoms with Crippen LogP contribution in [0.15, 0.2) is 18.5 Å². The Morgan fingerprint density at radius 2 is 2.24 bits per heavy atom. The predicted octanol–water partition coefficient (Wildman–Crippen LogP) is 3.24. The second-order valence-electron chi connectivity index (χ2n) is 4.21. The number of rotatable bonds is 5. The summed E-state index contributed by atoms with van der Waals surface area (Å²) >= 11 is 6.00. The first-order chi connectivity index (χ1) is 8.10. The molecule has 1 aromatic heterocycles. The van der Waals surface area contributed by atoms with E-state index in [1.165, 1.54) is 6.20 Å². The van der Waals surface area contributed by atoms with Crippen molar-refractivity contribution in [2.75, 3.05) is 13.1 Å². The molecule has 4 heteroatoms. The fourth-order valence-corrected chi connectivity index (χ4v) is 1.75. The van der Waals surface area contributed by atoms with Gasteiger partial charge in [-0.2, -0.15) is 0 Å².